The Balaban J connectivity index is 0.828. The molecule has 1 spiro atoms. The summed E-state index contributed by atoms with van der Waals surface area (Å²) in [6.45, 7) is 7.01. The molecule has 8 rings (SSSR count). The van der Waals surface area contributed by atoms with Crippen molar-refractivity contribution in [2.75, 3.05) is 29.9 Å². The highest BCUT2D eigenvalue weighted by molar-refractivity contribution is 6.23. The van der Waals surface area contributed by atoms with Crippen molar-refractivity contribution in [2.45, 2.75) is 64.0 Å². The summed E-state index contributed by atoms with van der Waals surface area (Å²) in [5.41, 5.74) is 5.41. The number of nitrogens with one attached hydrogen (secondary N) is 2. The monoisotopic (exact) mass is 712 g/mol. The quantitative estimate of drug-likeness (QED) is 0.211. The van der Waals surface area contributed by atoms with E-state index in [0.717, 1.165) is 47.0 Å². The second-order valence-corrected chi connectivity index (χ2v) is 15.1. The summed E-state index contributed by atoms with van der Waals surface area (Å²) in [4.78, 5) is 73.7. The third kappa shape index (κ3) is 6.54. The number of rotatable bonds is 11. The van der Waals surface area contributed by atoms with Crippen LogP contribution in [0.15, 0.2) is 79.0 Å². The van der Waals surface area contributed by atoms with E-state index in [9.17, 15) is 24.0 Å². The van der Waals surface area contributed by atoms with Gasteiger partial charge in [0.15, 0.2) is 0 Å². The van der Waals surface area contributed by atoms with Crippen LogP contribution in [0.4, 0.5) is 11.6 Å². The summed E-state index contributed by atoms with van der Waals surface area (Å²) < 4.78 is 6.08. The fraction of sp³-hybridized carbons (Fsp3) is 0.341. The summed E-state index contributed by atoms with van der Waals surface area (Å²) in [6, 6.07) is 22.6. The molecule has 12 nitrogen and oxygen atoms in total. The molecule has 1 aromatic heterocycles. The Labute approximate surface area is 306 Å². The molecule has 4 heterocycles. The van der Waals surface area contributed by atoms with Crippen molar-refractivity contribution in [3.8, 4) is 5.75 Å². The molecular weight excluding hydrogens is 672 g/mol. The molecule has 1 unspecified atom stereocenters. The molecule has 3 aromatic carbocycles. The van der Waals surface area contributed by atoms with Crippen molar-refractivity contribution in [3.05, 3.63) is 113 Å². The maximum Gasteiger partial charge on any atom is 0.262 e. The van der Waals surface area contributed by atoms with Gasteiger partial charge in [-0.3, -0.25) is 34.2 Å². The summed E-state index contributed by atoms with van der Waals surface area (Å²) in [5, 5.41) is 5.57. The number of ether oxygens (including phenoxy) is 1. The molecule has 4 aromatic rings. The second kappa shape index (κ2) is 13.3. The first-order chi connectivity index (χ1) is 25.5. The Morgan fingerprint density at radius 1 is 0.887 bits per heavy atom. The molecular formula is C41H40N6O6. The average Bonchev–Trinajstić information content (AvgIpc) is 3.37. The molecule has 12 heteroatoms. The summed E-state index contributed by atoms with van der Waals surface area (Å²) in [7, 11) is 0. The lowest BCUT2D eigenvalue weighted by Gasteiger charge is -2.54. The standard InChI is InChI=1S/C41H40N6O6/c1-40(2,27-7-10-31(11-8-27)53-22-29-16-18-43-39(44-29)46-23-41(24-46)20-30(48)21-41)26-5-3-25(4-6-26)15-17-42-28-9-12-32-33(19-28)38(52)47(37(32)51)34-13-14-35(49)45-36(34)50/h3-12,16,18-19,34,42H,13-15,17,20-24H2,1-2H3,(H,45,49,50). The zero-order valence-corrected chi connectivity index (χ0v) is 29.7. The molecule has 4 amide bonds. The second-order valence-electron chi connectivity index (χ2n) is 15.1. The van der Waals surface area contributed by atoms with Crippen LogP contribution < -0.4 is 20.3 Å². The number of Topliss-reactive ketones (excluding diaryl/α,β-unsaturated/α-hetero) is 1. The molecule has 1 saturated carbocycles. The van der Waals surface area contributed by atoms with E-state index in [0.29, 0.717) is 43.4 Å². The SMILES string of the molecule is CC(C)(c1ccc(CCNc2ccc3c(c2)C(=O)N(C2CCC(=O)NC2=O)C3=O)cc1)c1ccc(OCc2ccnc(N3CC4(CC(=O)C4)C3)n2)cc1. The van der Waals surface area contributed by atoms with Crippen molar-refractivity contribution < 1.29 is 28.7 Å². The van der Waals surface area contributed by atoms with E-state index in [1.165, 1.54) is 5.56 Å². The minimum atomic E-state index is -0.987. The molecule has 1 atom stereocenters. The highest BCUT2D eigenvalue weighted by Crippen LogP contribution is 2.46. The lowest BCUT2D eigenvalue weighted by atomic mass is 9.63. The predicted molar refractivity (Wildman–Crippen MR) is 196 cm³/mol. The van der Waals surface area contributed by atoms with Gasteiger partial charge in [-0.25, -0.2) is 9.97 Å². The van der Waals surface area contributed by atoms with Crippen LogP contribution >= 0.6 is 0 Å². The number of aromatic nitrogens is 2. The van der Waals surface area contributed by atoms with Gasteiger partial charge in [0, 0.05) is 61.6 Å². The van der Waals surface area contributed by atoms with Gasteiger partial charge in [-0.05, 0) is 65.9 Å². The van der Waals surface area contributed by atoms with E-state index >= 15 is 0 Å². The first kappa shape index (κ1) is 34.2. The van der Waals surface area contributed by atoms with E-state index in [1.54, 1.807) is 24.4 Å². The Kier molecular flexibility index (Phi) is 8.55. The summed E-state index contributed by atoms with van der Waals surface area (Å²) in [5.74, 6) is -0.271. The highest BCUT2D eigenvalue weighted by Gasteiger charge is 2.52. The van der Waals surface area contributed by atoms with Gasteiger partial charge in [-0.1, -0.05) is 50.2 Å². The topological polar surface area (TPSA) is 151 Å². The molecule has 3 aliphatic heterocycles. The normalized spacial score (nSPS) is 19.1. The maximum absolute atomic E-state index is 13.2. The lowest BCUT2D eigenvalue weighted by Crippen LogP contribution is -2.63. The van der Waals surface area contributed by atoms with E-state index in [4.69, 9.17) is 4.74 Å². The number of hydrogen-bond donors (Lipinski definition) is 2. The zero-order valence-electron chi connectivity index (χ0n) is 29.7. The Hall–Kier alpha value is -5.91. The molecule has 1 aliphatic carbocycles. The minimum absolute atomic E-state index is 0.0815. The number of imide groups is 2. The molecule has 0 radical (unpaired) electrons. The zero-order chi connectivity index (χ0) is 36.9. The summed E-state index contributed by atoms with van der Waals surface area (Å²) in [6.07, 6.45) is 4.06. The molecule has 53 heavy (non-hydrogen) atoms. The van der Waals surface area contributed by atoms with Gasteiger partial charge in [0.25, 0.3) is 11.8 Å². The predicted octanol–water partition coefficient (Wildman–Crippen LogP) is 4.61. The van der Waals surface area contributed by atoms with E-state index in [-0.39, 0.29) is 34.8 Å². The number of hydrogen-bond acceptors (Lipinski definition) is 10. The Morgan fingerprint density at radius 3 is 2.28 bits per heavy atom. The number of carbonyl (C=O) groups is 5. The number of piperidine rings is 1. The Bertz CT molecular complexity index is 2130. The smallest absolute Gasteiger partial charge is 0.262 e. The number of benzene rings is 3. The average molecular weight is 713 g/mol. The van der Waals surface area contributed by atoms with Gasteiger partial charge in [-0.15, -0.1) is 0 Å². The van der Waals surface area contributed by atoms with Crippen molar-refractivity contribution in [1.82, 2.24) is 20.2 Å². The largest absolute Gasteiger partial charge is 0.487 e. The molecule has 4 aliphatic rings. The van der Waals surface area contributed by atoms with Gasteiger partial charge in [0.2, 0.25) is 17.8 Å². The van der Waals surface area contributed by atoms with Crippen LogP contribution in [0.1, 0.15) is 82.6 Å². The van der Waals surface area contributed by atoms with Crippen LogP contribution in [-0.2, 0) is 32.8 Å². The number of anilines is 2. The van der Waals surface area contributed by atoms with Gasteiger partial charge in [0.05, 0.1) is 16.8 Å². The number of nitrogens with zero attached hydrogens (tertiary/aromatic N) is 4. The van der Waals surface area contributed by atoms with E-state index in [2.05, 4.69) is 75.7 Å². The number of fused-ring (bicyclic) bond motifs is 1. The van der Waals surface area contributed by atoms with Crippen molar-refractivity contribution >= 4 is 41.0 Å². The van der Waals surface area contributed by atoms with Crippen LogP contribution in [0.3, 0.4) is 0 Å². The maximum atomic E-state index is 13.2. The van der Waals surface area contributed by atoms with Gasteiger partial charge in [-0.2, -0.15) is 0 Å². The van der Waals surface area contributed by atoms with E-state index < -0.39 is 29.7 Å². The van der Waals surface area contributed by atoms with Crippen molar-refractivity contribution in [2.24, 2.45) is 5.41 Å². The van der Waals surface area contributed by atoms with Crippen LogP contribution in [0.25, 0.3) is 0 Å². The van der Waals surface area contributed by atoms with Crippen molar-refractivity contribution in [3.63, 3.8) is 0 Å². The summed E-state index contributed by atoms with van der Waals surface area (Å²) >= 11 is 0. The molecule has 2 saturated heterocycles. The van der Waals surface area contributed by atoms with Crippen LogP contribution in [0.5, 0.6) is 5.75 Å². The van der Waals surface area contributed by atoms with Gasteiger partial charge < -0.3 is 15.0 Å². The molecule has 270 valence electrons. The molecule has 2 N–H and O–H groups in total. The third-order valence-corrected chi connectivity index (χ3v) is 11.0. The highest BCUT2D eigenvalue weighted by atomic mass is 16.5. The fourth-order valence-corrected chi connectivity index (χ4v) is 7.84. The molecule has 0 bridgehead atoms. The van der Waals surface area contributed by atoms with Crippen LogP contribution in [-0.4, -0.2) is 70.0 Å². The first-order valence-electron chi connectivity index (χ1n) is 18.0. The number of carbonyl (C=O) groups excluding carboxylic acids is 5. The minimum Gasteiger partial charge on any atom is -0.487 e. The van der Waals surface area contributed by atoms with Gasteiger partial charge in [0.1, 0.15) is 24.2 Å². The van der Waals surface area contributed by atoms with Crippen LogP contribution in [0.2, 0.25) is 0 Å². The van der Waals surface area contributed by atoms with Gasteiger partial charge >= 0.3 is 0 Å². The molecule has 3 fully saturated rings. The third-order valence-electron chi connectivity index (χ3n) is 11.0. The first-order valence-corrected chi connectivity index (χ1v) is 18.0. The number of amides is 4. The van der Waals surface area contributed by atoms with Crippen molar-refractivity contribution in [1.29, 1.82) is 0 Å². The van der Waals surface area contributed by atoms with Crippen LogP contribution in [0, 0.1) is 5.41 Å². The number of ketones is 1. The Morgan fingerprint density at radius 2 is 1.58 bits per heavy atom. The van der Waals surface area contributed by atoms with E-state index in [1.807, 2.05) is 18.2 Å². The lowest BCUT2D eigenvalue weighted by molar-refractivity contribution is -0.136. The fourth-order valence-electron chi connectivity index (χ4n) is 7.84.